The summed E-state index contributed by atoms with van der Waals surface area (Å²) in [4.78, 5) is 11.3. The topological polar surface area (TPSA) is 65.0 Å². The molecule has 2 fully saturated rings. The second-order valence-electron chi connectivity index (χ2n) is 10.4. The van der Waals surface area contributed by atoms with Crippen LogP contribution in [0.1, 0.15) is 65.0 Å². The molecule has 5 nitrogen and oxygen atoms in total. The van der Waals surface area contributed by atoms with Gasteiger partial charge in [0.05, 0.1) is 0 Å². The van der Waals surface area contributed by atoms with Gasteiger partial charge < -0.3 is 19.3 Å². The number of carbonyl (C=O) groups is 1. The largest absolute Gasteiger partial charge is 0.508 e. The minimum atomic E-state index is -0.274. The first-order valence-electron chi connectivity index (χ1n) is 13.3. The molecule has 1 N–H and O–H groups in total. The smallest absolute Gasteiger partial charge is 0.330 e. The van der Waals surface area contributed by atoms with Crippen LogP contribution in [0.15, 0.2) is 74.3 Å². The molecular formula is C33H44O5. The van der Waals surface area contributed by atoms with Gasteiger partial charge in [-0.05, 0) is 79.8 Å². The number of hydrogen-bond acceptors (Lipinski definition) is 5. The highest BCUT2D eigenvalue weighted by atomic mass is 16.7. The monoisotopic (exact) mass is 520 g/mol. The van der Waals surface area contributed by atoms with Gasteiger partial charge in [-0.2, -0.15) is 0 Å². The molecule has 0 aliphatic heterocycles. The Morgan fingerprint density at radius 1 is 1.03 bits per heavy atom. The van der Waals surface area contributed by atoms with E-state index in [0.29, 0.717) is 23.7 Å². The van der Waals surface area contributed by atoms with E-state index < -0.39 is 0 Å². The van der Waals surface area contributed by atoms with Crippen molar-refractivity contribution in [2.75, 3.05) is 6.61 Å². The van der Waals surface area contributed by atoms with Crippen molar-refractivity contribution in [2.45, 2.75) is 66.3 Å². The molecule has 0 saturated heterocycles. The molecule has 4 atom stereocenters. The SMILES string of the molecule is C=CC(=O)OC1CC2CCC1(C)C2(C)C.C=Cc1ccc(O)cc1.C=Cc1ccc(OC(C)OCC)cc1. The highest BCUT2D eigenvalue weighted by Gasteiger charge is 2.62. The van der Waals surface area contributed by atoms with Gasteiger partial charge in [-0.1, -0.05) is 76.9 Å². The van der Waals surface area contributed by atoms with Crippen molar-refractivity contribution in [1.82, 2.24) is 0 Å². The Morgan fingerprint density at radius 3 is 2.00 bits per heavy atom. The van der Waals surface area contributed by atoms with E-state index in [9.17, 15) is 4.79 Å². The van der Waals surface area contributed by atoms with Crippen molar-refractivity contribution >= 4 is 18.1 Å². The number of phenols is 1. The summed E-state index contributed by atoms with van der Waals surface area (Å²) in [6.07, 6.45) is 8.19. The summed E-state index contributed by atoms with van der Waals surface area (Å²) < 4.78 is 16.2. The number of carbonyl (C=O) groups excluding carboxylic acids is 1. The molecule has 0 aromatic heterocycles. The van der Waals surface area contributed by atoms with E-state index in [1.165, 1.54) is 18.9 Å². The zero-order valence-electron chi connectivity index (χ0n) is 23.6. The van der Waals surface area contributed by atoms with Crippen LogP contribution in [-0.2, 0) is 14.3 Å². The van der Waals surface area contributed by atoms with Crippen LogP contribution in [0.5, 0.6) is 11.5 Å². The number of aromatic hydroxyl groups is 1. The molecule has 4 rings (SSSR count). The highest BCUT2D eigenvalue weighted by molar-refractivity contribution is 5.81. The lowest BCUT2D eigenvalue weighted by Gasteiger charge is -2.38. The Hall–Kier alpha value is -3.31. The Labute approximate surface area is 228 Å². The number of esters is 1. The van der Waals surface area contributed by atoms with Crippen LogP contribution in [-0.4, -0.2) is 30.1 Å². The fourth-order valence-corrected chi connectivity index (χ4v) is 5.25. The second kappa shape index (κ2) is 14.0. The van der Waals surface area contributed by atoms with Crippen molar-refractivity contribution in [3.8, 4) is 11.5 Å². The molecule has 5 heteroatoms. The Bertz CT molecular complexity index is 1050. The number of fused-ring (bicyclic) bond motifs is 2. The van der Waals surface area contributed by atoms with Gasteiger partial charge in [-0.15, -0.1) is 0 Å². The number of benzene rings is 2. The molecule has 2 aliphatic carbocycles. The van der Waals surface area contributed by atoms with Crippen LogP contribution in [0.4, 0.5) is 0 Å². The van der Waals surface area contributed by atoms with Gasteiger partial charge in [0.2, 0.25) is 0 Å². The maximum Gasteiger partial charge on any atom is 0.330 e. The number of phenolic OH excluding ortho intramolecular Hbond substituents is 1. The van der Waals surface area contributed by atoms with E-state index in [2.05, 4.69) is 40.5 Å². The standard InChI is InChI=1S/C13H20O2.C12H16O2.C8H8O/c1-5-11(14)15-10-8-9-6-7-13(10,4)12(9,2)3;1-4-11-6-8-12(9-7-11)14-10(3)13-5-2;1-2-7-3-5-8(9)6-4-7/h5,9-10H,1,6-8H2,2-4H3;4,6-10H,1,5H2,2-3H3;2-6,9H,1H2. The van der Waals surface area contributed by atoms with Crippen molar-refractivity contribution in [3.05, 3.63) is 85.5 Å². The van der Waals surface area contributed by atoms with Crippen LogP contribution in [0, 0.1) is 16.7 Å². The van der Waals surface area contributed by atoms with Gasteiger partial charge in [0.15, 0.2) is 6.29 Å². The lowest BCUT2D eigenvalue weighted by molar-refractivity contribution is -0.150. The number of ether oxygens (including phenoxy) is 3. The first-order valence-corrected chi connectivity index (χ1v) is 13.3. The first kappa shape index (κ1) is 30.9. The third-order valence-corrected chi connectivity index (χ3v) is 8.09. The number of hydrogen-bond donors (Lipinski definition) is 1. The zero-order valence-corrected chi connectivity index (χ0v) is 23.6. The average molecular weight is 521 g/mol. The van der Waals surface area contributed by atoms with Crippen LogP contribution in [0.2, 0.25) is 0 Å². The lowest BCUT2D eigenvalue weighted by Crippen LogP contribution is -2.38. The van der Waals surface area contributed by atoms with E-state index in [-0.39, 0.29) is 23.8 Å². The van der Waals surface area contributed by atoms with Crippen LogP contribution < -0.4 is 4.74 Å². The van der Waals surface area contributed by atoms with Gasteiger partial charge in [0, 0.05) is 18.1 Å². The molecule has 2 aromatic rings. The van der Waals surface area contributed by atoms with Crippen molar-refractivity contribution < 1.29 is 24.1 Å². The van der Waals surface area contributed by atoms with Crippen LogP contribution >= 0.6 is 0 Å². The third kappa shape index (κ3) is 7.84. The van der Waals surface area contributed by atoms with E-state index in [1.54, 1.807) is 24.3 Å². The maximum atomic E-state index is 11.3. The Balaban J connectivity index is 0.000000207. The van der Waals surface area contributed by atoms with Crippen LogP contribution in [0.3, 0.4) is 0 Å². The Morgan fingerprint density at radius 2 is 1.58 bits per heavy atom. The molecule has 0 heterocycles. The second-order valence-corrected chi connectivity index (χ2v) is 10.4. The molecule has 0 amide bonds. The Kier molecular flexibility index (Phi) is 11.4. The highest BCUT2D eigenvalue weighted by Crippen LogP contribution is 2.66. The van der Waals surface area contributed by atoms with Gasteiger partial charge in [-0.25, -0.2) is 4.79 Å². The molecule has 2 aromatic carbocycles. The summed E-state index contributed by atoms with van der Waals surface area (Å²) in [7, 11) is 0. The summed E-state index contributed by atoms with van der Waals surface area (Å²) in [5.41, 5.74) is 2.57. The maximum absolute atomic E-state index is 11.3. The minimum absolute atomic E-state index is 0.0942. The molecule has 38 heavy (non-hydrogen) atoms. The quantitative estimate of drug-likeness (QED) is 0.217. The summed E-state index contributed by atoms with van der Waals surface area (Å²) in [6, 6.07) is 14.6. The van der Waals surface area contributed by atoms with Gasteiger partial charge in [-0.3, -0.25) is 0 Å². The molecule has 206 valence electrons. The van der Waals surface area contributed by atoms with Gasteiger partial charge >= 0.3 is 5.97 Å². The normalized spacial score (nSPS) is 23.0. The van der Waals surface area contributed by atoms with Crippen molar-refractivity contribution in [1.29, 1.82) is 0 Å². The molecule has 4 unspecified atom stereocenters. The fourth-order valence-electron chi connectivity index (χ4n) is 5.25. The summed E-state index contributed by atoms with van der Waals surface area (Å²) in [5, 5.41) is 8.82. The van der Waals surface area contributed by atoms with Gasteiger partial charge in [0.25, 0.3) is 0 Å². The number of rotatable bonds is 8. The molecule has 2 saturated carbocycles. The zero-order chi connectivity index (χ0) is 28.3. The van der Waals surface area contributed by atoms with Crippen LogP contribution in [0.25, 0.3) is 12.2 Å². The summed E-state index contributed by atoms with van der Waals surface area (Å²) in [5.74, 6) is 1.55. The van der Waals surface area contributed by atoms with E-state index in [0.717, 1.165) is 23.3 Å². The summed E-state index contributed by atoms with van der Waals surface area (Å²) in [6.45, 7) is 22.1. The minimum Gasteiger partial charge on any atom is -0.508 e. The average Bonchev–Trinajstić information content (AvgIpc) is 3.24. The van der Waals surface area contributed by atoms with Crippen molar-refractivity contribution in [2.24, 2.45) is 16.7 Å². The fraction of sp³-hybridized carbons (Fsp3) is 0.424. The first-order chi connectivity index (χ1) is 18.0. The summed E-state index contributed by atoms with van der Waals surface area (Å²) >= 11 is 0. The molecule has 0 spiro atoms. The van der Waals surface area contributed by atoms with E-state index in [1.807, 2.05) is 50.2 Å². The molecular weight excluding hydrogens is 476 g/mol. The van der Waals surface area contributed by atoms with Crippen molar-refractivity contribution in [3.63, 3.8) is 0 Å². The van der Waals surface area contributed by atoms with E-state index >= 15 is 0 Å². The molecule has 2 aliphatic rings. The van der Waals surface area contributed by atoms with E-state index in [4.69, 9.17) is 19.3 Å². The third-order valence-electron chi connectivity index (χ3n) is 8.09. The molecule has 0 radical (unpaired) electrons. The lowest BCUT2D eigenvalue weighted by atomic mass is 9.70. The predicted octanol–water partition coefficient (Wildman–Crippen LogP) is 8.06. The van der Waals surface area contributed by atoms with Gasteiger partial charge in [0.1, 0.15) is 17.6 Å². The predicted molar refractivity (Wildman–Crippen MR) is 156 cm³/mol. The molecule has 2 bridgehead atoms.